The SMILES string of the molecule is CCOC(=O)N1CCN(c2cc(Nc3ccc(N(C)C)cc3)ncn2)CC1. The third kappa shape index (κ3) is 4.78. The van der Waals surface area contributed by atoms with E-state index in [1.165, 1.54) is 0 Å². The molecule has 1 aliphatic rings. The van der Waals surface area contributed by atoms with Crippen molar-refractivity contribution < 1.29 is 9.53 Å². The predicted molar refractivity (Wildman–Crippen MR) is 107 cm³/mol. The highest BCUT2D eigenvalue weighted by Gasteiger charge is 2.22. The number of anilines is 4. The van der Waals surface area contributed by atoms with Gasteiger partial charge in [0.15, 0.2) is 0 Å². The Morgan fingerprint density at radius 3 is 2.48 bits per heavy atom. The Balaban J connectivity index is 1.61. The van der Waals surface area contributed by atoms with Gasteiger partial charge in [-0.3, -0.25) is 0 Å². The Bertz CT molecular complexity index is 757. The van der Waals surface area contributed by atoms with Gasteiger partial charge >= 0.3 is 6.09 Å². The number of rotatable bonds is 5. The van der Waals surface area contributed by atoms with E-state index in [4.69, 9.17) is 4.74 Å². The minimum Gasteiger partial charge on any atom is -0.450 e. The van der Waals surface area contributed by atoms with Crippen LogP contribution in [0.25, 0.3) is 0 Å². The number of benzene rings is 1. The average molecular weight is 370 g/mol. The maximum atomic E-state index is 11.8. The molecule has 8 heteroatoms. The predicted octanol–water partition coefficient (Wildman–Crippen LogP) is 2.56. The summed E-state index contributed by atoms with van der Waals surface area (Å²) in [6.45, 7) is 4.89. The van der Waals surface area contributed by atoms with Crippen molar-refractivity contribution in [1.82, 2.24) is 14.9 Å². The van der Waals surface area contributed by atoms with E-state index in [0.29, 0.717) is 32.8 Å². The number of hydrogen-bond acceptors (Lipinski definition) is 7. The van der Waals surface area contributed by atoms with Crippen LogP contribution >= 0.6 is 0 Å². The second-order valence-electron chi connectivity index (χ2n) is 6.50. The third-order valence-corrected chi connectivity index (χ3v) is 4.44. The summed E-state index contributed by atoms with van der Waals surface area (Å²) in [5.74, 6) is 1.59. The van der Waals surface area contributed by atoms with Crippen LogP contribution in [0.15, 0.2) is 36.7 Å². The van der Waals surface area contributed by atoms with Crippen LogP contribution in [0.5, 0.6) is 0 Å². The summed E-state index contributed by atoms with van der Waals surface area (Å²) in [5, 5.41) is 3.31. The molecule has 2 heterocycles. The van der Waals surface area contributed by atoms with Crippen LogP contribution in [-0.4, -0.2) is 67.8 Å². The molecule has 0 saturated carbocycles. The van der Waals surface area contributed by atoms with Crippen molar-refractivity contribution in [2.75, 3.05) is 62.0 Å². The summed E-state index contributed by atoms with van der Waals surface area (Å²) in [7, 11) is 4.03. The van der Waals surface area contributed by atoms with E-state index in [0.717, 1.165) is 23.0 Å². The second kappa shape index (κ2) is 8.57. The van der Waals surface area contributed by atoms with Gasteiger partial charge in [0, 0.05) is 57.7 Å². The smallest absolute Gasteiger partial charge is 0.409 e. The minimum atomic E-state index is -0.247. The molecular formula is C19H26N6O2. The summed E-state index contributed by atoms with van der Waals surface area (Å²) in [5.41, 5.74) is 2.11. The van der Waals surface area contributed by atoms with E-state index < -0.39 is 0 Å². The Morgan fingerprint density at radius 2 is 1.85 bits per heavy atom. The zero-order valence-electron chi connectivity index (χ0n) is 16.1. The summed E-state index contributed by atoms with van der Waals surface area (Å²) in [6.07, 6.45) is 1.31. The quantitative estimate of drug-likeness (QED) is 0.867. The van der Waals surface area contributed by atoms with Crippen LogP contribution in [0.3, 0.4) is 0 Å². The summed E-state index contributed by atoms with van der Waals surface area (Å²) >= 11 is 0. The minimum absolute atomic E-state index is 0.247. The van der Waals surface area contributed by atoms with Gasteiger partial charge in [0.1, 0.15) is 18.0 Å². The van der Waals surface area contributed by atoms with Crippen LogP contribution in [-0.2, 0) is 4.74 Å². The van der Waals surface area contributed by atoms with Crippen LogP contribution < -0.4 is 15.1 Å². The van der Waals surface area contributed by atoms with E-state index in [1.807, 2.05) is 39.2 Å². The van der Waals surface area contributed by atoms with Crippen molar-refractivity contribution in [1.29, 1.82) is 0 Å². The molecule has 0 unspecified atom stereocenters. The van der Waals surface area contributed by atoms with Crippen molar-refractivity contribution in [2.24, 2.45) is 0 Å². The van der Waals surface area contributed by atoms with Crippen LogP contribution in [0.2, 0.25) is 0 Å². The Kier molecular flexibility index (Phi) is 5.95. The third-order valence-electron chi connectivity index (χ3n) is 4.44. The van der Waals surface area contributed by atoms with Gasteiger partial charge in [-0.05, 0) is 31.2 Å². The number of nitrogens with one attached hydrogen (secondary N) is 1. The second-order valence-corrected chi connectivity index (χ2v) is 6.50. The summed E-state index contributed by atoms with van der Waals surface area (Å²) in [4.78, 5) is 26.4. The molecule has 0 aliphatic carbocycles. The molecule has 144 valence electrons. The van der Waals surface area contributed by atoms with E-state index in [-0.39, 0.29) is 6.09 Å². The first-order chi connectivity index (χ1) is 13.1. The van der Waals surface area contributed by atoms with E-state index >= 15 is 0 Å². The Labute approximate surface area is 159 Å². The first-order valence-corrected chi connectivity index (χ1v) is 9.10. The zero-order chi connectivity index (χ0) is 19.2. The van der Waals surface area contributed by atoms with Crippen molar-refractivity contribution in [3.05, 3.63) is 36.7 Å². The van der Waals surface area contributed by atoms with E-state index in [9.17, 15) is 4.79 Å². The summed E-state index contributed by atoms with van der Waals surface area (Å²) in [6, 6.07) is 10.1. The fourth-order valence-corrected chi connectivity index (χ4v) is 2.91. The molecule has 1 fully saturated rings. The first-order valence-electron chi connectivity index (χ1n) is 9.10. The number of amides is 1. The van der Waals surface area contributed by atoms with Gasteiger partial charge in [0.25, 0.3) is 0 Å². The highest BCUT2D eigenvalue weighted by Crippen LogP contribution is 2.21. The van der Waals surface area contributed by atoms with Crippen molar-refractivity contribution in [3.8, 4) is 0 Å². The van der Waals surface area contributed by atoms with Gasteiger partial charge in [-0.1, -0.05) is 0 Å². The van der Waals surface area contributed by atoms with Crippen molar-refractivity contribution >= 4 is 29.1 Å². The highest BCUT2D eigenvalue weighted by atomic mass is 16.6. The van der Waals surface area contributed by atoms with Crippen LogP contribution in [0.1, 0.15) is 6.92 Å². The van der Waals surface area contributed by atoms with E-state index in [1.54, 1.807) is 11.2 Å². The monoisotopic (exact) mass is 370 g/mol. The largest absolute Gasteiger partial charge is 0.450 e. The van der Waals surface area contributed by atoms with Gasteiger partial charge in [-0.2, -0.15) is 0 Å². The molecule has 1 amide bonds. The molecule has 0 atom stereocenters. The molecule has 0 spiro atoms. The number of aromatic nitrogens is 2. The number of carbonyl (C=O) groups excluding carboxylic acids is 1. The first kappa shape index (κ1) is 18.8. The standard InChI is InChI=1S/C19H26N6O2/c1-4-27-19(26)25-11-9-24(10-12-25)18-13-17(20-14-21-18)22-15-5-7-16(8-6-15)23(2)3/h5-8,13-14H,4,9-12H2,1-3H3,(H,20,21,22). The van der Waals surface area contributed by atoms with Crippen molar-refractivity contribution in [3.63, 3.8) is 0 Å². The van der Waals surface area contributed by atoms with Crippen LogP contribution in [0.4, 0.5) is 27.8 Å². The molecule has 27 heavy (non-hydrogen) atoms. The lowest BCUT2D eigenvalue weighted by molar-refractivity contribution is 0.105. The van der Waals surface area contributed by atoms with Gasteiger partial charge in [0.2, 0.25) is 0 Å². The number of nitrogens with zero attached hydrogens (tertiary/aromatic N) is 5. The molecule has 0 bridgehead atoms. The number of ether oxygens (including phenoxy) is 1. The molecule has 1 aromatic carbocycles. The zero-order valence-corrected chi connectivity index (χ0v) is 16.1. The van der Waals surface area contributed by atoms with E-state index in [2.05, 4.69) is 37.2 Å². The number of carbonyl (C=O) groups is 1. The summed E-state index contributed by atoms with van der Waals surface area (Å²) < 4.78 is 5.06. The van der Waals surface area contributed by atoms with Gasteiger partial charge in [-0.25, -0.2) is 14.8 Å². The fourth-order valence-electron chi connectivity index (χ4n) is 2.91. The molecule has 1 aliphatic heterocycles. The molecule has 3 rings (SSSR count). The lowest BCUT2D eigenvalue weighted by atomic mass is 10.2. The molecule has 1 aromatic heterocycles. The number of hydrogen-bond donors (Lipinski definition) is 1. The highest BCUT2D eigenvalue weighted by molar-refractivity contribution is 5.68. The maximum Gasteiger partial charge on any atom is 0.409 e. The van der Waals surface area contributed by atoms with Crippen LogP contribution in [0, 0.1) is 0 Å². The molecule has 2 aromatic rings. The molecule has 8 nitrogen and oxygen atoms in total. The molecule has 0 radical (unpaired) electrons. The van der Waals surface area contributed by atoms with Gasteiger partial charge in [-0.15, -0.1) is 0 Å². The Hall–Kier alpha value is -3.03. The Morgan fingerprint density at radius 1 is 1.15 bits per heavy atom. The topological polar surface area (TPSA) is 73.8 Å². The molecule has 1 N–H and O–H groups in total. The van der Waals surface area contributed by atoms with Gasteiger partial charge < -0.3 is 24.8 Å². The molecular weight excluding hydrogens is 344 g/mol. The molecule has 1 saturated heterocycles. The lowest BCUT2D eigenvalue weighted by Crippen LogP contribution is -2.49. The fraction of sp³-hybridized carbons (Fsp3) is 0.421. The van der Waals surface area contributed by atoms with Gasteiger partial charge in [0.05, 0.1) is 6.61 Å². The maximum absolute atomic E-state index is 11.8. The average Bonchev–Trinajstić information content (AvgIpc) is 2.69. The normalized spacial score (nSPS) is 14.0. The van der Waals surface area contributed by atoms with Crippen molar-refractivity contribution in [2.45, 2.75) is 6.92 Å². The number of piperazine rings is 1. The lowest BCUT2D eigenvalue weighted by Gasteiger charge is -2.34.